The summed E-state index contributed by atoms with van der Waals surface area (Å²) in [6.45, 7) is 5.88. The van der Waals surface area contributed by atoms with Crippen LogP contribution >= 0.6 is 11.6 Å². The molecule has 2 N–H and O–H groups in total. The fourth-order valence-electron chi connectivity index (χ4n) is 2.19. The Hall–Kier alpha value is -1.10. The first-order valence-electron chi connectivity index (χ1n) is 6.61. The van der Waals surface area contributed by atoms with Gasteiger partial charge in [-0.3, -0.25) is 9.69 Å². The van der Waals surface area contributed by atoms with E-state index in [2.05, 4.69) is 22.5 Å². The number of carbonyl (C=O) groups excluding carboxylic acids is 1. The fraction of sp³-hybridized carbons (Fsp3) is 0.500. The molecular weight excluding hydrogens is 262 g/mol. The van der Waals surface area contributed by atoms with Gasteiger partial charge in [-0.2, -0.15) is 0 Å². The van der Waals surface area contributed by atoms with Crippen LogP contribution in [0.2, 0.25) is 5.02 Å². The van der Waals surface area contributed by atoms with Crippen LogP contribution in [0.3, 0.4) is 0 Å². The van der Waals surface area contributed by atoms with E-state index < -0.39 is 0 Å². The molecule has 1 saturated heterocycles. The van der Waals surface area contributed by atoms with E-state index in [0.717, 1.165) is 25.2 Å². The lowest BCUT2D eigenvalue weighted by molar-refractivity contribution is -0.123. The molecule has 0 aliphatic carbocycles. The Morgan fingerprint density at radius 1 is 1.53 bits per heavy atom. The number of rotatable bonds is 4. The number of benzene rings is 1. The van der Waals surface area contributed by atoms with Gasteiger partial charge in [-0.15, -0.1) is 0 Å². The summed E-state index contributed by atoms with van der Waals surface area (Å²) in [7, 11) is 0. The number of carbonyl (C=O) groups is 1. The summed E-state index contributed by atoms with van der Waals surface area (Å²) >= 11 is 6.05. The zero-order valence-electron chi connectivity index (χ0n) is 11.2. The van der Waals surface area contributed by atoms with E-state index in [-0.39, 0.29) is 5.91 Å². The summed E-state index contributed by atoms with van der Waals surface area (Å²) in [5, 5.41) is 6.93. The molecule has 4 nitrogen and oxygen atoms in total. The molecule has 1 aromatic rings. The molecule has 0 saturated carbocycles. The Balaban J connectivity index is 1.80. The SMILES string of the molecule is C[C@H]1CNCCN1CC(=O)NCc1ccccc1Cl. The van der Waals surface area contributed by atoms with Gasteiger partial charge in [0.1, 0.15) is 0 Å². The molecule has 19 heavy (non-hydrogen) atoms. The molecule has 1 fully saturated rings. The molecule has 0 spiro atoms. The van der Waals surface area contributed by atoms with Crippen LogP contribution < -0.4 is 10.6 Å². The van der Waals surface area contributed by atoms with Crippen LogP contribution in [0.4, 0.5) is 0 Å². The first kappa shape index (κ1) is 14.3. The van der Waals surface area contributed by atoms with Crippen molar-refractivity contribution in [3.05, 3.63) is 34.9 Å². The number of nitrogens with one attached hydrogen (secondary N) is 2. The maximum Gasteiger partial charge on any atom is 0.234 e. The molecule has 1 heterocycles. The maximum absolute atomic E-state index is 11.9. The lowest BCUT2D eigenvalue weighted by atomic mass is 10.2. The second-order valence-corrected chi connectivity index (χ2v) is 5.30. The van der Waals surface area contributed by atoms with E-state index in [4.69, 9.17) is 11.6 Å². The van der Waals surface area contributed by atoms with Crippen LogP contribution in [0.25, 0.3) is 0 Å². The molecule has 0 unspecified atom stereocenters. The predicted molar refractivity (Wildman–Crippen MR) is 77.2 cm³/mol. The van der Waals surface area contributed by atoms with Crippen molar-refractivity contribution < 1.29 is 4.79 Å². The number of amides is 1. The minimum absolute atomic E-state index is 0.0497. The van der Waals surface area contributed by atoms with Crippen molar-refractivity contribution in [2.75, 3.05) is 26.2 Å². The molecule has 1 amide bonds. The Morgan fingerprint density at radius 3 is 3.05 bits per heavy atom. The molecule has 104 valence electrons. The first-order chi connectivity index (χ1) is 9.16. The standard InChI is InChI=1S/C14H20ClN3O/c1-11-8-16-6-7-18(11)10-14(19)17-9-12-4-2-3-5-13(12)15/h2-5,11,16H,6-10H2,1H3,(H,17,19)/t11-/m0/s1. The van der Waals surface area contributed by atoms with Gasteiger partial charge in [0.15, 0.2) is 0 Å². The second-order valence-electron chi connectivity index (χ2n) is 4.89. The van der Waals surface area contributed by atoms with Crippen LogP contribution in [0, 0.1) is 0 Å². The van der Waals surface area contributed by atoms with Crippen LogP contribution in [0.15, 0.2) is 24.3 Å². The van der Waals surface area contributed by atoms with Crippen molar-refractivity contribution in [3.8, 4) is 0 Å². The van der Waals surface area contributed by atoms with Crippen LogP contribution in [-0.4, -0.2) is 43.0 Å². The van der Waals surface area contributed by atoms with Gasteiger partial charge in [0.2, 0.25) is 5.91 Å². The Kier molecular flexibility index (Phi) is 5.19. The Morgan fingerprint density at radius 2 is 2.32 bits per heavy atom. The van der Waals surface area contributed by atoms with Gasteiger partial charge in [-0.1, -0.05) is 29.8 Å². The third kappa shape index (κ3) is 4.20. The van der Waals surface area contributed by atoms with Crippen molar-refractivity contribution >= 4 is 17.5 Å². The van der Waals surface area contributed by atoms with Gasteiger partial charge < -0.3 is 10.6 Å². The Bertz CT molecular complexity index is 438. The maximum atomic E-state index is 11.9. The topological polar surface area (TPSA) is 44.4 Å². The summed E-state index contributed by atoms with van der Waals surface area (Å²) in [5.74, 6) is 0.0497. The van der Waals surface area contributed by atoms with E-state index in [9.17, 15) is 4.79 Å². The van der Waals surface area contributed by atoms with Crippen molar-refractivity contribution in [1.29, 1.82) is 0 Å². The third-order valence-electron chi connectivity index (χ3n) is 3.42. The summed E-state index contributed by atoms with van der Waals surface area (Å²) in [4.78, 5) is 14.1. The molecule has 1 aliphatic heterocycles. The zero-order valence-corrected chi connectivity index (χ0v) is 11.9. The van der Waals surface area contributed by atoms with E-state index in [1.807, 2.05) is 24.3 Å². The highest BCUT2D eigenvalue weighted by atomic mass is 35.5. The van der Waals surface area contributed by atoms with Crippen molar-refractivity contribution in [3.63, 3.8) is 0 Å². The number of hydrogen-bond acceptors (Lipinski definition) is 3. The van der Waals surface area contributed by atoms with Gasteiger partial charge in [-0.25, -0.2) is 0 Å². The average molecular weight is 282 g/mol. The van der Waals surface area contributed by atoms with Crippen molar-refractivity contribution in [2.24, 2.45) is 0 Å². The number of hydrogen-bond donors (Lipinski definition) is 2. The summed E-state index contributed by atoms with van der Waals surface area (Å²) in [6, 6.07) is 7.97. The number of nitrogens with zero attached hydrogens (tertiary/aromatic N) is 1. The van der Waals surface area contributed by atoms with E-state index in [0.29, 0.717) is 24.2 Å². The summed E-state index contributed by atoms with van der Waals surface area (Å²) in [6.07, 6.45) is 0. The third-order valence-corrected chi connectivity index (χ3v) is 3.79. The first-order valence-corrected chi connectivity index (χ1v) is 6.99. The van der Waals surface area contributed by atoms with Crippen molar-refractivity contribution in [2.45, 2.75) is 19.5 Å². The normalized spacial score (nSPS) is 20.2. The highest BCUT2D eigenvalue weighted by molar-refractivity contribution is 6.31. The molecule has 1 atom stereocenters. The van der Waals surface area contributed by atoms with Gasteiger partial charge in [0.25, 0.3) is 0 Å². The molecule has 0 aromatic heterocycles. The van der Waals surface area contributed by atoms with Crippen LogP contribution in [0.1, 0.15) is 12.5 Å². The van der Waals surface area contributed by atoms with E-state index >= 15 is 0 Å². The van der Waals surface area contributed by atoms with E-state index in [1.54, 1.807) is 0 Å². The van der Waals surface area contributed by atoms with Gasteiger partial charge in [-0.05, 0) is 18.6 Å². The van der Waals surface area contributed by atoms with Gasteiger partial charge >= 0.3 is 0 Å². The number of piperazine rings is 1. The monoisotopic (exact) mass is 281 g/mol. The lowest BCUT2D eigenvalue weighted by Crippen LogP contribution is -2.52. The predicted octanol–water partition coefficient (Wildman–Crippen LogP) is 1.25. The highest BCUT2D eigenvalue weighted by Crippen LogP contribution is 2.14. The minimum Gasteiger partial charge on any atom is -0.351 e. The zero-order chi connectivity index (χ0) is 13.7. The quantitative estimate of drug-likeness (QED) is 0.873. The van der Waals surface area contributed by atoms with E-state index in [1.165, 1.54) is 0 Å². The Labute approximate surface area is 119 Å². The minimum atomic E-state index is 0.0497. The number of halogens is 1. The summed E-state index contributed by atoms with van der Waals surface area (Å²) in [5.41, 5.74) is 0.950. The molecule has 5 heteroatoms. The molecule has 0 bridgehead atoms. The molecule has 2 rings (SSSR count). The lowest BCUT2D eigenvalue weighted by Gasteiger charge is -2.33. The molecular formula is C14H20ClN3O. The molecule has 0 radical (unpaired) electrons. The van der Waals surface area contributed by atoms with Gasteiger partial charge in [0.05, 0.1) is 6.54 Å². The second kappa shape index (κ2) is 6.89. The summed E-state index contributed by atoms with van der Waals surface area (Å²) < 4.78 is 0. The smallest absolute Gasteiger partial charge is 0.234 e. The average Bonchev–Trinajstić information content (AvgIpc) is 2.40. The van der Waals surface area contributed by atoms with Gasteiger partial charge in [0, 0.05) is 37.2 Å². The highest BCUT2D eigenvalue weighted by Gasteiger charge is 2.19. The fourth-order valence-corrected chi connectivity index (χ4v) is 2.40. The molecule has 1 aliphatic rings. The molecule has 1 aromatic carbocycles. The van der Waals surface area contributed by atoms with Crippen LogP contribution in [-0.2, 0) is 11.3 Å². The van der Waals surface area contributed by atoms with Crippen molar-refractivity contribution in [1.82, 2.24) is 15.5 Å². The largest absolute Gasteiger partial charge is 0.351 e. The van der Waals surface area contributed by atoms with Crippen LogP contribution in [0.5, 0.6) is 0 Å².